The van der Waals surface area contributed by atoms with Crippen LogP contribution in [0, 0.1) is 34.5 Å². The fourth-order valence-corrected chi connectivity index (χ4v) is 12.5. The third-order valence-corrected chi connectivity index (χ3v) is 17.1. The fraction of sp³-hybridized carbons (Fsp3) is 0.508. The summed E-state index contributed by atoms with van der Waals surface area (Å²) < 4.78 is 0. The number of fused-ring (bicyclic) bond motifs is 4. The highest BCUT2D eigenvalue weighted by atomic mass is 16.2. The zero-order valence-corrected chi connectivity index (χ0v) is 48.5. The van der Waals surface area contributed by atoms with E-state index >= 15 is 0 Å². The van der Waals surface area contributed by atoms with Gasteiger partial charge in [-0.1, -0.05) is 114 Å². The van der Waals surface area contributed by atoms with Gasteiger partial charge in [-0.25, -0.2) is 0 Å². The van der Waals surface area contributed by atoms with Gasteiger partial charge in [0, 0.05) is 59.7 Å². The summed E-state index contributed by atoms with van der Waals surface area (Å²) in [4.78, 5) is 145. The Morgan fingerprint density at radius 2 is 0.976 bits per heavy atom. The molecule has 0 aromatic heterocycles. The normalized spacial score (nSPS) is 22.8. The Morgan fingerprint density at radius 1 is 0.524 bits per heavy atom. The minimum atomic E-state index is -1.20. The van der Waals surface area contributed by atoms with Crippen LogP contribution in [0.2, 0.25) is 0 Å². The summed E-state index contributed by atoms with van der Waals surface area (Å²) in [5, 5.41) is 25.9. The van der Waals surface area contributed by atoms with Crippen LogP contribution in [0.4, 0.5) is 11.4 Å². The molecule has 4 aliphatic rings. The molecular weight excluding hydrogens is 1050 g/mol. The van der Waals surface area contributed by atoms with Gasteiger partial charge in [0.1, 0.15) is 6.04 Å². The number of ketones is 1. The molecule has 0 spiro atoms. The van der Waals surface area contributed by atoms with Crippen molar-refractivity contribution in [3.63, 3.8) is 0 Å². The van der Waals surface area contributed by atoms with Crippen molar-refractivity contribution in [2.24, 2.45) is 34.5 Å². The molecule has 1 aliphatic carbocycles. The number of rotatable bonds is 17. The van der Waals surface area contributed by atoms with E-state index in [0.29, 0.717) is 24.2 Å². The van der Waals surface area contributed by atoms with Crippen molar-refractivity contribution >= 4 is 91.9 Å². The molecule has 3 heterocycles. The van der Waals surface area contributed by atoms with Gasteiger partial charge in [-0.3, -0.25) is 47.9 Å². The highest BCUT2D eigenvalue weighted by Gasteiger charge is 2.58. The van der Waals surface area contributed by atoms with E-state index in [1.54, 1.807) is 45.0 Å². The number of benzene rings is 4. The third kappa shape index (κ3) is 12.6. The number of nitrogens with zero attached hydrogens (tertiary/aromatic N) is 3. The van der Waals surface area contributed by atoms with Crippen molar-refractivity contribution in [3.8, 4) is 0 Å². The summed E-state index contributed by atoms with van der Waals surface area (Å²) in [7, 11) is 3.28. The molecule has 4 fully saturated rings. The van der Waals surface area contributed by atoms with Crippen LogP contribution in [0.1, 0.15) is 74.7 Å². The van der Waals surface area contributed by atoms with Crippen LogP contribution in [0.15, 0.2) is 84.9 Å². The Morgan fingerprint density at radius 3 is 1.48 bits per heavy atom. The Kier molecular flexibility index (Phi) is 18.2. The smallest absolute Gasteiger partial charge is 0.309 e. The topological polar surface area (TPSA) is 277 Å². The lowest BCUT2D eigenvalue weighted by Crippen LogP contribution is -2.59. The molecule has 82 heavy (non-hydrogen) atoms. The number of hydrogen-bond acceptors (Lipinski definition) is 12. The van der Waals surface area contributed by atoms with Gasteiger partial charge in [0.05, 0.1) is 55.1 Å². The van der Waals surface area contributed by atoms with Crippen molar-refractivity contribution in [1.29, 1.82) is 0 Å². The quantitative estimate of drug-likeness (QED) is 0.0710. The lowest BCUT2D eigenvalue weighted by molar-refractivity contribution is -0.142. The van der Waals surface area contributed by atoms with E-state index in [2.05, 4.69) is 42.5 Å². The summed E-state index contributed by atoms with van der Waals surface area (Å²) >= 11 is 0. The van der Waals surface area contributed by atoms with Crippen LogP contribution in [0.3, 0.4) is 0 Å². The standard InChI is InChI=1S/C61H79N11O10/c1-33(62-9)53(76)68-51(60(3,4)5)50(75)39-25-26-44-48(39)40(55(78)66-42-23-15-19-35-17-11-13-21-37(35)42)31-71(44)46(73)29-64-57(80)58(81)65-30-47(74)72-32-41(56(79)67-43-24-16-20-36-18-12-14-22-38(36)43)49-45(72)27-28-70(49)59(82)52(61(6,7)8)69-54(77)34(2)63-10/h11-24,33-34,39-41,44-45,48-49,51-52,62-63H,25-32H2,1-10H3,(H,64,80)(H,65,81)(H,66,78)(H,67,79)(H,68,76)(H,69,77)/t33-,34-,39?,40-,41-,44+,45+,48+,49+,51+,52+/m0/s1. The average Bonchev–Trinajstić information content (AvgIpc) is 4.24. The summed E-state index contributed by atoms with van der Waals surface area (Å²) in [6.07, 6.45) is 0.979. The minimum Gasteiger partial charge on any atom is -0.344 e. The molecule has 1 unspecified atom stereocenters. The SMILES string of the molecule is CN[C@@H](C)C(=O)N[C@H](C(=O)C1CC[C@@H]2[C@H]1[C@@H](C(=O)Nc1cccc3ccccc13)CN2C(=O)CNC(=O)C(=O)NCC(=O)N1C[C@H](C(=O)Nc2cccc3ccccc23)[C@@H]2[C@H]1CCN2C(=O)[C@@H](NC(=O)[C@H](C)NC)C(C)(C)C)C(C)(C)C. The van der Waals surface area contributed by atoms with Gasteiger partial charge < -0.3 is 57.2 Å². The van der Waals surface area contributed by atoms with Crippen molar-refractivity contribution in [2.75, 3.05) is 57.5 Å². The Labute approximate surface area is 478 Å². The second-order valence-corrected chi connectivity index (χ2v) is 24.4. The molecule has 3 aliphatic heterocycles. The summed E-state index contributed by atoms with van der Waals surface area (Å²) in [6.45, 7) is 13.1. The Bertz CT molecular complexity index is 2940. The molecule has 0 radical (unpaired) electrons. The fourth-order valence-electron chi connectivity index (χ4n) is 12.5. The van der Waals surface area contributed by atoms with Crippen LogP contribution in [0.25, 0.3) is 21.5 Å². The number of amides is 9. The van der Waals surface area contributed by atoms with Crippen LogP contribution in [0.5, 0.6) is 0 Å². The Balaban J connectivity index is 0.957. The molecule has 8 N–H and O–H groups in total. The van der Waals surface area contributed by atoms with E-state index in [0.717, 1.165) is 21.5 Å². The van der Waals surface area contributed by atoms with Crippen LogP contribution >= 0.6 is 0 Å². The maximum atomic E-state index is 14.8. The molecule has 21 heteroatoms. The zero-order valence-electron chi connectivity index (χ0n) is 48.5. The number of carbonyl (C=O) groups excluding carboxylic acids is 10. The first kappa shape index (κ1) is 60.3. The summed E-state index contributed by atoms with van der Waals surface area (Å²) in [5.74, 6) is -9.01. The lowest BCUT2D eigenvalue weighted by Gasteiger charge is -2.37. The number of likely N-dealkylation sites (N-methyl/N-ethyl adjacent to an activating group) is 2. The number of likely N-dealkylation sites (tertiary alicyclic amines) is 3. The van der Waals surface area contributed by atoms with E-state index in [-0.39, 0.29) is 43.7 Å². The van der Waals surface area contributed by atoms with Crippen LogP contribution in [-0.2, 0) is 47.9 Å². The first-order valence-electron chi connectivity index (χ1n) is 28.4. The van der Waals surface area contributed by atoms with Gasteiger partial charge in [0.25, 0.3) is 0 Å². The highest BCUT2D eigenvalue weighted by Crippen LogP contribution is 2.48. The van der Waals surface area contributed by atoms with Crippen molar-refractivity contribution < 1.29 is 47.9 Å². The maximum absolute atomic E-state index is 14.8. The predicted molar refractivity (Wildman–Crippen MR) is 310 cm³/mol. The third-order valence-electron chi connectivity index (χ3n) is 17.1. The monoisotopic (exact) mass is 1130 g/mol. The van der Waals surface area contributed by atoms with Gasteiger partial charge >= 0.3 is 11.8 Å². The summed E-state index contributed by atoms with van der Waals surface area (Å²) in [6, 6.07) is 21.0. The number of anilines is 2. The molecule has 8 rings (SSSR count). The first-order chi connectivity index (χ1) is 38.8. The predicted octanol–water partition coefficient (Wildman–Crippen LogP) is 2.93. The molecule has 4 aromatic carbocycles. The number of nitrogens with one attached hydrogen (secondary N) is 8. The summed E-state index contributed by atoms with van der Waals surface area (Å²) in [5.41, 5.74) is -0.364. The average molecular weight is 1130 g/mol. The molecule has 438 valence electrons. The van der Waals surface area contributed by atoms with Crippen molar-refractivity contribution in [3.05, 3.63) is 84.9 Å². The highest BCUT2D eigenvalue weighted by molar-refractivity contribution is 6.35. The molecule has 11 atom stereocenters. The van der Waals surface area contributed by atoms with E-state index in [1.165, 1.54) is 9.80 Å². The van der Waals surface area contributed by atoms with Gasteiger partial charge in [-0.2, -0.15) is 0 Å². The molecule has 9 amide bonds. The van der Waals surface area contributed by atoms with E-state index in [1.807, 2.05) is 114 Å². The van der Waals surface area contributed by atoms with Crippen molar-refractivity contribution in [2.45, 2.75) is 117 Å². The molecule has 1 saturated carbocycles. The zero-order chi connectivity index (χ0) is 59.5. The minimum absolute atomic E-state index is 0.0858. The van der Waals surface area contributed by atoms with E-state index in [9.17, 15) is 47.9 Å². The van der Waals surface area contributed by atoms with Crippen LogP contribution in [-0.4, -0.2) is 163 Å². The first-order valence-corrected chi connectivity index (χ1v) is 28.4. The van der Waals surface area contributed by atoms with Gasteiger partial charge in [-0.05, 0) is 80.9 Å². The molecular formula is C61H79N11O10. The van der Waals surface area contributed by atoms with Gasteiger partial charge in [-0.15, -0.1) is 0 Å². The second kappa shape index (κ2) is 24.7. The number of hydrogen-bond donors (Lipinski definition) is 8. The van der Waals surface area contributed by atoms with E-state index in [4.69, 9.17) is 0 Å². The number of carbonyl (C=O) groups is 10. The maximum Gasteiger partial charge on any atom is 0.309 e. The molecule has 0 bridgehead atoms. The van der Waals surface area contributed by atoms with Gasteiger partial charge in [0.2, 0.25) is 41.4 Å². The number of Topliss-reactive ketones (excluding diaryl/α,β-unsaturated/α-hetero) is 1. The molecule has 3 saturated heterocycles. The molecule has 21 nitrogen and oxygen atoms in total. The van der Waals surface area contributed by atoms with Crippen molar-refractivity contribution in [1.82, 2.24) is 46.6 Å². The van der Waals surface area contributed by atoms with Gasteiger partial charge in [0.15, 0.2) is 5.78 Å². The largest absolute Gasteiger partial charge is 0.344 e. The second-order valence-electron chi connectivity index (χ2n) is 24.4. The van der Waals surface area contributed by atoms with Crippen LogP contribution < -0.4 is 42.5 Å². The van der Waals surface area contributed by atoms with E-state index < -0.39 is 131 Å². The Hall–Kier alpha value is -7.78. The molecule has 4 aromatic rings. The lowest BCUT2D eigenvalue weighted by atomic mass is 9.74.